The number of hydrogen-bond donors (Lipinski definition) is 1. The molecule has 1 heteroatoms. The highest BCUT2D eigenvalue weighted by Crippen LogP contribution is 2.38. The topological polar surface area (TPSA) is 20.2 Å². The summed E-state index contributed by atoms with van der Waals surface area (Å²) in [4.78, 5) is 0. The third kappa shape index (κ3) is 7.17. The molecule has 2 fully saturated rings. The van der Waals surface area contributed by atoms with Gasteiger partial charge in [-0.1, -0.05) is 60.8 Å². The SMILES string of the molecule is CC(C)(C)C1CCC(O)CC1.CC(C)(C)C1CCCCC1. The van der Waals surface area contributed by atoms with Crippen LogP contribution in [-0.4, -0.2) is 11.2 Å². The van der Waals surface area contributed by atoms with Crippen LogP contribution in [0.25, 0.3) is 0 Å². The molecule has 0 unspecified atom stereocenters. The molecule has 1 nitrogen and oxygen atoms in total. The van der Waals surface area contributed by atoms with Crippen molar-refractivity contribution in [2.24, 2.45) is 22.7 Å². The fourth-order valence-electron chi connectivity index (χ4n) is 3.91. The second kappa shape index (κ2) is 7.99. The van der Waals surface area contributed by atoms with E-state index in [4.69, 9.17) is 0 Å². The van der Waals surface area contributed by atoms with Crippen LogP contribution in [0.3, 0.4) is 0 Å². The van der Waals surface area contributed by atoms with E-state index in [-0.39, 0.29) is 6.10 Å². The molecule has 0 amide bonds. The largest absolute Gasteiger partial charge is 0.393 e. The molecule has 2 aliphatic rings. The van der Waals surface area contributed by atoms with Crippen molar-refractivity contribution < 1.29 is 5.11 Å². The van der Waals surface area contributed by atoms with Gasteiger partial charge >= 0.3 is 0 Å². The fourth-order valence-corrected chi connectivity index (χ4v) is 3.91. The van der Waals surface area contributed by atoms with E-state index in [2.05, 4.69) is 41.5 Å². The minimum absolute atomic E-state index is 0.00593. The van der Waals surface area contributed by atoms with Crippen LogP contribution >= 0.6 is 0 Å². The first-order chi connectivity index (χ1) is 9.60. The molecule has 0 saturated heterocycles. The Hall–Kier alpha value is -0.0400. The Bertz CT molecular complexity index is 267. The predicted molar refractivity (Wildman–Crippen MR) is 93.4 cm³/mol. The lowest BCUT2D eigenvalue weighted by Crippen LogP contribution is -2.27. The van der Waals surface area contributed by atoms with Gasteiger partial charge in [0.1, 0.15) is 0 Å². The molecule has 2 saturated carbocycles. The van der Waals surface area contributed by atoms with Gasteiger partial charge in [0.2, 0.25) is 0 Å². The molecule has 0 heterocycles. The lowest BCUT2D eigenvalue weighted by molar-refractivity contribution is 0.0725. The molecule has 0 bridgehead atoms. The van der Waals surface area contributed by atoms with Crippen LogP contribution in [0.5, 0.6) is 0 Å². The van der Waals surface area contributed by atoms with Crippen molar-refractivity contribution in [2.75, 3.05) is 0 Å². The lowest BCUT2D eigenvalue weighted by Gasteiger charge is -2.35. The third-order valence-electron chi connectivity index (χ3n) is 5.75. The zero-order valence-corrected chi connectivity index (χ0v) is 15.5. The standard InChI is InChI=1S/C10H20O.C10H20/c1-10(2,3)8-4-6-9(11)7-5-8;1-10(2,3)9-7-5-4-6-8-9/h8-9,11H,4-7H2,1-3H3;9H,4-8H2,1-3H3. The molecule has 0 aliphatic heterocycles. The van der Waals surface area contributed by atoms with Crippen LogP contribution in [-0.2, 0) is 0 Å². The molecular formula is C20H40O. The summed E-state index contributed by atoms with van der Waals surface area (Å²) in [6.45, 7) is 14.0. The van der Waals surface area contributed by atoms with E-state index in [1.165, 1.54) is 44.9 Å². The second-order valence-corrected chi connectivity index (χ2v) is 9.57. The van der Waals surface area contributed by atoms with Gasteiger partial charge in [-0.2, -0.15) is 0 Å². The molecule has 2 rings (SSSR count). The van der Waals surface area contributed by atoms with Gasteiger partial charge in [-0.3, -0.25) is 0 Å². The van der Waals surface area contributed by atoms with Gasteiger partial charge in [0.15, 0.2) is 0 Å². The highest BCUT2D eigenvalue weighted by molar-refractivity contribution is 4.80. The summed E-state index contributed by atoms with van der Waals surface area (Å²) in [6, 6.07) is 0. The van der Waals surface area contributed by atoms with Crippen LogP contribution in [0.4, 0.5) is 0 Å². The number of aliphatic hydroxyl groups is 1. The molecule has 0 aromatic carbocycles. The van der Waals surface area contributed by atoms with Crippen LogP contribution in [0.15, 0.2) is 0 Å². The van der Waals surface area contributed by atoms with E-state index < -0.39 is 0 Å². The maximum absolute atomic E-state index is 9.29. The van der Waals surface area contributed by atoms with Crippen LogP contribution in [0, 0.1) is 22.7 Å². The van der Waals surface area contributed by atoms with E-state index in [1.807, 2.05) is 0 Å². The number of rotatable bonds is 0. The Morgan fingerprint density at radius 3 is 1.29 bits per heavy atom. The van der Waals surface area contributed by atoms with Crippen molar-refractivity contribution in [3.8, 4) is 0 Å². The van der Waals surface area contributed by atoms with Crippen molar-refractivity contribution >= 4 is 0 Å². The molecule has 0 atom stereocenters. The van der Waals surface area contributed by atoms with Gasteiger partial charge < -0.3 is 5.11 Å². The molecule has 0 spiro atoms. The summed E-state index contributed by atoms with van der Waals surface area (Å²) in [5, 5.41) is 9.29. The monoisotopic (exact) mass is 296 g/mol. The summed E-state index contributed by atoms with van der Waals surface area (Å²) in [6.07, 6.45) is 11.8. The lowest BCUT2D eigenvalue weighted by atomic mass is 9.72. The van der Waals surface area contributed by atoms with Gasteiger partial charge in [0.05, 0.1) is 6.10 Å². The number of hydrogen-bond acceptors (Lipinski definition) is 1. The van der Waals surface area contributed by atoms with E-state index in [9.17, 15) is 5.11 Å². The van der Waals surface area contributed by atoms with Crippen molar-refractivity contribution in [1.29, 1.82) is 0 Å². The zero-order chi connectivity index (χ0) is 16.1. The van der Waals surface area contributed by atoms with Crippen LogP contribution in [0.1, 0.15) is 99.3 Å². The average Bonchev–Trinajstić information content (AvgIpc) is 2.39. The fraction of sp³-hybridized carbons (Fsp3) is 1.00. The molecule has 1 N–H and O–H groups in total. The molecule has 0 radical (unpaired) electrons. The summed E-state index contributed by atoms with van der Waals surface area (Å²) in [5.41, 5.74) is 1.01. The Kier molecular flexibility index (Phi) is 7.24. The van der Waals surface area contributed by atoms with Gasteiger partial charge in [0, 0.05) is 0 Å². The van der Waals surface area contributed by atoms with Crippen molar-refractivity contribution in [3.05, 3.63) is 0 Å². The van der Waals surface area contributed by atoms with E-state index in [0.29, 0.717) is 10.8 Å². The maximum atomic E-state index is 9.29. The van der Waals surface area contributed by atoms with E-state index in [1.54, 1.807) is 0 Å². The van der Waals surface area contributed by atoms with Crippen LogP contribution in [0.2, 0.25) is 0 Å². The Labute approximate surface area is 133 Å². The van der Waals surface area contributed by atoms with E-state index in [0.717, 1.165) is 24.7 Å². The average molecular weight is 297 g/mol. The van der Waals surface area contributed by atoms with Crippen molar-refractivity contribution in [1.82, 2.24) is 0 Å². The zero-order valence-electron chi connectivity index (χ0n) is 15.5. The van der Waals surface area contributed by atoms with E-state index >= 15 is 0 Å². The molecule has 21 heavy (non-hydrogen) atoms. The van der Waals surface area contributed by atoms with Gasteiger partial charge in [-0.05, 0) is 61.2 Å². The van der Waals surface area contributed by atoms with Gasteiger partial charge in [-0.25, -0.2) is 0 Å². The van der Waals surface area contributed by atoms with Gasteiger partial charge in [-0.15, -0.1) is 0 Å². The predicted octanol–water partition coefficient (Wildman–Crippen LogP) is 6.20. The van der Waals surface area contributed by atoms with Crippen molar-refractivity contribution in [3.63, 3.8) is 0 Å². The molecule has 126 valence electrons. The highest BCUT2D eigenvalue weighted by Gasteiger charge is 2.28. The molecular weight excluding hydrogens is 256 g/mol. The first-order valence-electron chi connectivity index (χ1n) is 9.29. The molecule has 0 aromatic heterocycles. The minimum Gasteiger partial charge on any atom is -0.393 e. The normalized spacial score (nSPS) is 28.7. The second-order valence-electron chi connectivity index (χ2n) is 9.57. The Balaban J connectivity index is 0.000000211. The summed E-state index contributed by atoms with van der Waals surface area (Å²) >= 11 is 0. The van der Waals surface area contributed by atoms with Gasteiger partial charge in [0.25, 0.3) is 0 Å². The minimum atomic E-state index is -0.00593. The Morgan fingerprint density at radius 2 is 0.952 bits per heavy atom. The van der Waals surface area contributed by atoms with Crippen LogP contribution < -0.4 is 0 Å². The summed E-state index contributed by atoms with van der Waals surface area (Å²) in [5.74, 6) is 1.83. The first kappa shape index (κ1) is 19.0. The first-order valence-corrected chi connectivity index (χ1v) is 9.29. The Morgan fingerprint density at radius 1 is 0.571 bits per heavy atom. The summed E-state index contributed by atoms with van der Waals surface area (Å²) < 4.78 is 0. The third-order valence-corrected chi connectivity index (χ3v) is 5.75. The highest BCUT2D eigenvalue weighted by atomic mass is 16.3. The summed E-state index contributed by atoms with van der Waals surface area (Å²) in [7, 11) is 0. The number of aliphatic hydroxyl groups excluding tert-OH is 1. The van der Waals surface area contributed by atoms with Crippen molar-refractivity contribution in [2.45, 2.75) is 105 Å². The quantitative estimate of drug-likeness (QED) is 0.564. The smallest absolute Gasteiger partial charge is 0.0540 e. The molecule has 0 aromatic rings. The molecule has 2 aliphatic carbocycles. The maximum Gasteiger partial charge on any atom is 0.0540 e.